The highest BCUT2D eigenvalue weighted by Crippen LogP contribution is 2.17. The van der Waals surface area contributed by atoms with Gasteiger partial charge in [0.25, 0.3) is 0 Å². The third-order valence-corrected chi connectivity index (χ3v) is 8.80. The highest BCUT2D eigenvalue weighted by atomic mass is 32.2. The molecule has 0 aliphatic rings. The molecule has 0 unspecified atom stereocenters. The van der Waals surface area contributed by atoms with E-state index in [1.807, 2.05) is 0 Å². The van der Waals surface area contributed by atoms with Crippen molar-refractivity contribution in [3.05, 3.63) is 72.3 Å². The van der Waals surface area contributed by atoms with Crippen LogP contribution in [-0.2, 0) is 16.5 Å². The van der Waals surface area contributed by atoms with Crippen molar-refractivity contribution in [2.45, 2.75) is 128 Å². The van der Waals surface area contributed by atoms with Gasteiger partial charge in [-0.05, 0) is 48.9 Å². The molecule has 0 aliphatic carbocycles. The molecule has 238 valence electrons. The molecule has 0 spiro atoms. The predicted molar refractivity (Wildman–Crippen MR) is 181 cm³/mol. The Kier molecular flexibility index (Phi) is 20.5. The average Bonchev–Trinajstić information content (AvgIpc) is 2.96. The molecule has 2 aromatic rings. The van der Waals surface area contributed by atoms with E-state index in [0.29, 0.717) is 0 Å². The normalized spacial score (nSPS) is 11.6. The number of quaternary nitrogens is 1. The van der Waals surface area contributed by atoms with Crippen LogP contribution in [0.1, 0.15) is 128 Å². The lowest BCUT2D eigenvalue weighted by atomic mass is 10.0. The predicted octanol–water partition coefficient (Wildman–Crippen LogP) is 10.2. The molecule has 0 aliphatic heterocycles. The van der Waals surface area contributed by atoms with Crippen LogP contribution in [0.15, 0.2) is 66.1 Å². The van der Waals surface area contributed by atoms with Gasteiger partial charge in [-0.25, -0.2) is 8.42 Å². The van der Waals surface area contributed by atoms with Crippen molar-refractivity contribution >= 4 is 15.7 Å². The maximum atomic E-state index is 10.8. The second kappa shape index (κ2) is 22.6. The highest BCUT2D eigenvalue weighted by molar-refractivity contribution is 7.85. The summed E-state index contributed by atoms with van der Waals surface area (Å²) in [5.41, 5.74) is 3.63. The molecule has 0 aromatic heterocycles. The standard InChI is InChI=1S/C19H32N.C18H30O3S/c1-5-6-7-8-9-13-16-20(3,4)17-18(2)19-14-11-10-12-15-19;1-2-3-4-5-6-7-8-9-10-11-12-17-13-15-18(16-14-17)22(19,20)21/h10-12,14-15H,2,5-9,13,16-17H2,1,3-4H3;13-16H,2-12H2,1H3,(H,19,20,21)/q+1;/p-1. The molecule has 4 nitrogen and oxygen atoms in total. The molecule has 0 amide bonds. The summed E-state index contributed by atoms with van der Waals surface area (Å²) in [5.74, 6) is 0. The Hall–Kier alpha value is -1.95. The van der Waals surface area contributed by atoms with Crippen LogP contribution in [0.25, 0.3) is 5.57 Å². The summed E-state index contributed by atoms with van der Waals surface area (Å²) in [6.45, 7) is 11.1. The Balaban J connectivity index is 0.000000422. The first kappa shape index (κ1) is 38.1. The Bertz CT molecular complexity index is 1050. The number of rotatable bonds is 22. The number of unbranched alkanes of at least 4 members (excludes halogenated alkanes) is 14. The summed E-state index contributed by atoms with van der Waals surface area (Å²) in [6.07, 6.45) is 22.3. The van der Waals surface area contributed by atoms with Gasteiger partial charge in [0, 0.05) is 5.57 Å². The van der Waals surface area contributed by atoms with E-state index in [9.17, 15) is 13.0 Å². The molecular formula is C37H61NO3S. The first-order chi connectivity index (χ1) is 20.1. The quantitative estimate of drug-likeness (QED) is 0.0768. The summed E-state index contributed by atoms with van der Waals surface area (Å²) < 4.78 is 33.5. The summed E-state index contributed by atoms with van der Waals surface area (Å²) >= 11 is 0. The second-order valence-electron chi connectivity index (χ2n) is 12.6. The third-order valence-electron chi connectivity index (χ3n) is 7.95. The molecule has 0 atom stereocenters. The van der Waals surface area contributed by atoms with E-state index in [1.165, 1.54) is 126 Å². The zero-order valence-electron chi connectivity index (χ0n) is 27.4. The van der Waals surface area contributed by atoms with Crippen molar-refractivity contribution < 1.29 is 17.5 Å². The molecule has 0 radical (unpaired) electrons. The van der Waals surface area contributed by atoms with Gasteiger partial charge in [0.1, 0.15) is 16.7 Å². The number of likely N-dealkylation sites (N-methyl/N-ethyl adjacent to an activating group) is 1. The van der Waals surface area contributed by atoms with Crippen molar-refractivity contribution in [1.29, 1.82) is 0 Å². The Morgan fingerprint density at radius 3 is 1.60 bits per heavy atom. The van der Waals surface area contributed by atoms with E-state index < -0.39 is 10.1 Å². The zero-order chi connectivity index (χ0) is 31.1. The van der Waals surface area contributed by atoms with Gasteiger partial charge in [0.05, 0.1) is 25.5 Å². The lowest BCUT2D eigenvalue weighted by Crippen LogP contribution is -2.41. The van der Waals surface area contributed by atoms with Crippen LogP contribution < -0.4 is 0 Å². The smallest absolute Gasteiger partial charge is 0.124 e. The SMILES string of the molecule is C=C(C[N+](C)(C)CCCCCCCC)c1ccccc1.CCCCCCCCCCCCc1ccc(S(=O)(=O)[O-])cc1. The van der Waals surface area contributed by atoms with Gasteiger partial charge in [-0.1, -0.05) is 146 Å². The molecular weight excluding hydrogens is 538 g/mol. The third kappa shape index (κ3) is 19.3. The van der Waals surface area contributed by atoms with E-state index in [4.69, 9.17) is 0 Å². The van der Waals surface area contributed by atoms with Crippen LogP contribution in [0.4, 0.5) is 0 Å². The molecule has 0 heterocycles. The van der Waals surface area contributed by atoms with E-state index in [0.717, 1.165) is 29.4 Å². The highest BCUT2D eigenvalue weighted by Gasteiger charge is 2.16. The van der Waals surface area contributed by atoms with E-state index in [-0.39, 0.29) is 4.90 Å². The maximum absolute atomic E-state index is 10.8. The van der Waals surface area contributed by atoms with Crippen LogP contribution in [0.5, 0.6) is 0 Å². The average molecular weight is 600 g/mol. The van der Waals surface area contributed by atoms with Crippen LogP contribution in [0.3, 0.4) is 0 Å². The number of benzene rings is 2. The van der Waals surface area contributed by atoms with Gasteiger partial charge >= 0.3 is 0 Å². The minimum atomic E-state index is -4.31. The van der Waals surface area contributed by atoms with Crippen molar-refractivity contribution in [1.82, 2.24) is 0 Å². The summed E-state index contributed by atoms with van der Waals surface area (Å²) in [5, 5.41) is 0. The fourth-order valence-electron chi connectivity index (χ4n) is 5.32. The number of nitrogens with zero attached hydrogens (tertiary/aromatic N) is 1. The van der Waals surface area contributed by atoms with Crippen LogP contribution >= 0.6 is 0 Å². The van der Waals surface area contributed by atoms with E-state index in [2.05, 4.69) is 64.9 Å². The Morgan fingerprint density at radius 2 is 1.12 bits per heavy atom. The van der Waals surface area contributed by atoms with Crippen LogP contribution in [-0.4, -0.2) is 44.6 Å². The van der Waals surface area contributed by atoms with Gasteiger partial charge in [0.15, 0.2) is 0 Å². The van der Waals surface area contributed by atoms with Gasteiger partial charge in [-0.15, -0.1) is 0 Å². The minimum absolute atomic E-state index is 0.140. The first-order valence-corrected chi connectivity index (χ1v) is 18.1. The molecule has 0 bridgehead atoms. The number of hydrogen-bond acceptors (Lipinski definition) is 3. The zero-order valence-corrected chi connectivity index (χ0v) is 28.2. The minimum Gasteiger partial charge on any atom is -0.744 e. The first-order valence-electron chi connectivity index (χ1n) is 16.7. The van der Waals surface area contributed by atoms with Crippen LogP contribution in [0.2, 0.25) is 0 Å². The summed E-state index contributed by atoms with van der Waals surface area (Å²) in [7, 11) is 0.326. The molecule has 0 saturated heterocycles. The van der Waals surface area contributed by atoms with Crippen molar-refractivity contribution in [2.75, 3.05) is 27.2 Å². The second-order valence-corrected chi connectivity index (χ2v) is 14.0. The van der Waals surface area contributed by atoms with Gasteiger partial charge in [-0.3, -0.25) is 0 Å². The summed E-state index contributed by atoms with van der Waals surface area (Å²) in [4.78, 5) is -0.140. The number of hydrogen-bond donors (Lipinski definition) is 0. The van der Waals surface area contributed by atoms with Gasteiger partial charge in [-0.2, -0.15) is 0 Å². The monoisotopic (exact) mass is 599 g/mol. The molecule has 2 rings (SSSR count). The Labute approximate surface area is 260 Å². The van der Waals surface area contributed by atoms with Crippen molar-refractivity contribution in [3.63, 3.8) is 0 Å². The van der Waals surface area contributed by atoms with E-state index in [1.54, 1.807) is 12.1 Å². The lowest BCUT2D eigenvalue weighted by molar-refractivity contribution is -0.883. The fraction of sp³-hybridized carbons (Fsp3) is 0.622. The van der Waals surface area contributed by atoms with Crippen LogP contribution in [0, 0.1) is 0 Å². The van der Waals surface area contributed by atoms with Gasteiger partial charge < -0.3 is 9.04 Å². The lowest BCUT2D eigenvalue weighted by Gasteiger charge is -2.30. The molecule has 0 fully saturated rings. The topological polar surface area (TPSA) is 57.2 Å². The molecule has 0 N–H and O–H groups in total. The summed E-state index contributed by atoms with van der Waals surface area (Å²) in [6, 6.07) is 16.9. The van der Waals surface area contributed by atoms with Gasteiger partial charge in [0.2, 0.25) is 0 Å². The molecule has 42 heavy (non-hydrogen) atoms. The fourth-order valence-corrected chi connectivity index (χ4v) is 5.79. The van der Waals surface area contributed by atoms with Crippen molar-refractivity contribution in [2.24, 2.45) is 0 Å². The molecule has 2 aromatic carbocycles. The van der Waals surface area contributed by atoms with Crippen molar-refractivity contribution in [3.8, 4) is 0 Å². The maximum Gasteiger partial charge on any atom is 0.124 e. The Morgan fingerprint density at radius 1 is 0.667 bits per heavy atom. The largest absolute Gasteiger partial charge is 0.744 e. The van der Waals surface area contributed by atoms with E-state index >= 15 is 0 Å². The number of aryl methyl sites for hydroxylation is 1. The molecule has 0 saturated carbocycles. The molecule has 5 heteroatoms.